The van der Waals surface area contributed by atoms with Gasteiger partial charge >= 0.3 is 0 Å². The lowest BCUT2D eigenvalue weighted by molar-refractivity contribution is -0.125. The Labute approximate surface area is 68.6 Å². The highest BCUT2D eigenvalue weighted by Crippen LogP contribution is 2.17. The van der Waals surface area contributed by atoms with Gasteiger partial charge in [-0.2, -0.15) is 0 Å². The second-order valence-corrected chi connectivity index (χ2v) is 3.92. The Morgan fingerprint density at radius 1 is 1.55 bits per heavy atom. The first-order valence-corrected chi connectivity index (χ1v) is 4.32. The summed E-state index contributed by atoms with van der Waals surface area (Å²) in [6.07, 6.45) is 0. The molecule has 1 aliphatic heterocycles. The van der Waals surface area contributed by atoms with Gasteiger partial charge in [-0.15, -0.1) is 0 Å². The molecule has 0 N–H and O–H groups in total. The van der Waals surface area contributed by atoms with Gasteiger partial charge in [-0.25, -0.2) is 0 Å². The van der Waals surface area contributed by atoms with Crippen molar-refractivity contribution in [2.24, 2.45) is 11.8 Å². The molecule has 1 rings (SSSR count). The van der Waals surface area contributed by atoms with Gasteiger partial charge in [-0.3, -0.25) is 4.79 Å². The highest BCUT2D eigenvalue weighted by atomic mass is 16.1. The lowest BCUT2D eigenvalue weighted by Crippen LogP contribution is -2.50. The summed E-state index contributed by atoms with van der Waals surface area (Å²) < 4.78 is 0. The lowest BCUT2D eigenvalue weighted by atomic mass is 9.95. The third-order valence-corrected chi connectivity index (χ3v) is 2.16. The quantitative estimate of drug-likeness (QED) is 0.609. The Balaban J connectivity index is 2.14. The number of likely N-dealkylation sites (tertiary alicyclic amines) is 1. The number of carbonyl (C=O) groups excluding carboxylic acids is 1. The van der Waals surface area contributed by atoms with Crippen LogP contribution in [0.15, 0.2) is 0 Å². The molecule has 0 spiro atoms. The molecule has 0 atom stereocenters. The van der Waals surface area contributed by atoms with E-state index < -0.39 is 0 Å². The fourth-order valence-electron chi connectivity index (χ4n) is 1.49. The second kappa shape index (κ2) is 3.35. The van der Waals surface area contributed by atoms with Gasteiger partial charge in [0.25, 0.3) is 0 Å². The molecule has 0 radical (unpaired) electrons. The Hall–Kier alpha value is -0.370. The molecular formula is C9H17NO. The standard InChI is InChI=1S/C9H17NO/c1-7(2)4-10-5-9(6-10)8(3)11/h7,9H,4-6H2,1-3H3. The molecule has 0 aromatic carbocycles. The fourth-order valence-corrected chi connectivity index (χ4v) is 1.49. The van der Waals surface area contributed by atoms with Crippen LogP contribution < -0.4 is 0 Å². The Morgan fingerprint density at radius 2 is 2.09 bits per heavy atom. The number of hydrogen-bond acceptors (Lipinski definition) is 2. The molecule has 1 aliphatic rings. The molecule has 0 aromatic rings. The van der Waals surface area contributed by atoms with Gasteiger partial charge < -0.3 is 4.90 Å². The van der Waals surface area contributed by atoms with Crippen LogP contribution in [0.2, 0.25) is 0 Å². The summed E-state index contributed by atoms with van der Waals surface area (Å²) in [6.45, 7) is 9.24. The van der Waals surface area contributed by atoms with E-state index in [1.54, 1.807) is 6.92 Å². The lowest BCUT2D eigenvalue weighted by Gasteiger charge is -2.38. The second-order valence-electron chi connectivity index (χ2n) is 3.92. The first-order valence-electron chi connectivity index (χ1n) is 4.32. The fraction of sp³-hybridized carbons (Fsp3) is 0.889. The summed E-state index contributed by atoms with van der Waals surface area (Å²) in [7, 11) is 0. The minimum absolute atomic E-state index is 0.341. The molecule has 0 saturated carbocycles. The van der Waals surface area contributed by atoms with Gasteiger partial charge in [-0.1, -0.05) is 13.8 Å². The third kappa shape index (κ3) is 2.29. The van der Waals surface area contributed by atoms with Crippen LogP contribution >= 0.6 is 0 Å². The zero-order chi connectivity index (χ0) is 8.43. The van der Waals surface area contributed by atoms with Crippen molar-refractivity contribution in [3.8, 4) is 0 Å². The average molecular weight is 155 g/mol. The van der Waals surface area contributed by atoms with Crippen molar-refractivity contribution < 1.29 is 4.79 Å². The summed E-state index contributed by atoms with van der Waals surface area (Å²) in [6, 6.07) is 0. The van der Waals surface area contributed by atoms with E-state index in [0.717, 1.165) is 25.6 Å². The van der Waals surface area contributed by atoms with E-state index in [1.807, 2.05) is 0 Å². The predicted molar refractivity (Wildman–Crippen MR) is 45.4 cm³/mol. The van der Waals surface area contributed by atoms with Crippen LogP contribution in [0.4, 0.5) is 0 Å². The topological polar surface area (TPSA) is 20.3 Å². The zero-order valence-corrected chi connectivity index (χ0v) is 7.63. The van der Waals surface area contributed by atoms with Crippen LogP contribution in [0.25, 0.3) is 0 Å². The predicted octanol–water partition coefficient (Wildman–Crippen LogP) is 1.16. The summed E-state index contributed by atoms with van der Waals surface area (Å²) in [5, 5.41) is 0. The van der Waals surface area contributed by atoms with Crippen molar-refractivity contribution in [2.75, 3.05) is 19.6 Å². The highest BCUT2D eigenvalue weighted by molar-refractivity contribution is 5.79. The largest absolute Gasteiger partial charge is 0.302 e. The van der Waals surface area contributed by atoms with E-state index in [-0.39, 0.29) is 0 Å². The van der Waals surface area contributed by atoms with Crippen molar-refractivity contribution >= 4 is 5.78 Å². The molecule has 0 amide bonds. The summed E-state index contributed by atoms with van der Waals surface area (Å²) in [4.78, 5) is 13.2. The van der Waals surface area contributed by atoms with Crippen molar-refractivity contribution in [3.63, 3.8) is 0 Å². The van der Waals surface area contributed by atoms with Crippen molar-refractivity contribution in [3.05, 3.63) is 0 Å². The smallest absolute Gasteiger partial charge is 0.135 e. The Morgan fingerprint density at radius 3 is 2.45 bits per heavy atom. The first kappa shape index (κ1) is 8.72. The van der Waals surface area contributed by atoms with Gasteiger partial charge in [0.15, 0.2) is 0 Å². The van der Waals surface area contributed by atoms with E-state index in [1.165, 1.54) is 0 Å². The van der Waals surface area contributed by atoms with Crippen molar-refractivity contribution in [1.29, 1.82) is 0 Å². The Kier molecular flexibility index (Phi) is 2.66. The van der Waals surface area contributed by atoms with Crippen LogP contribution in [0.3, 0.4) is 0 Å². The first-order chi connectivity index (χ1) is 5.09. The molecular weight excluding hydrogens is 138 g/mol. The van der Waals surface area contributed by atoms with Gasteiger partial charge in [0.1, 0.15) is 5.78 Å². The molecule has 0 unspecified atom stereocenters. The maximum absolute atomic E-state index is 10.8. The number of Topliss-reactive ketones (excluding diaryl/α,β-unsaturated/α-hetero) is 1. The summed E-state index contributed by atoms with van der Waals surface area (Å²) in [5.74, 6) is 1.42. The molecule has 0 bridgehead atoms. The molecule has 1 saturated heterocycles. The number of carbonyl (C=O) groups is 1. The number of nitrogens with zero attached hydrogens (tertiary/aromatic N) is 1. The molecule has 2 nitrogen and oxygen atoms in total. The summed E-state index contributed by atoms with van der Waals surface area (Å²) in [5.41, 5.74) is 0. The van der Waals surface area contributed by atoms with Crippen LogP contribution in [0.1, 0.15) is 20.8 Å². The molecule has 0 aliphatic carbocycles. The van der Waals surface area contributed by atoms with Crippen molar-refractivity contribution in [2.45, 2.75) is 20.8 Å². The van der Waals surface area contributed by atoms with E-state index >= 15 is 0 Å². The zero-order valence-electron chi connectivity index (χ0n) is 7.63. The van der Waals surface area contributed by atoms with Gasteiger partial charge in [0.05, 0.1) is 0 Å². The third-order valence-electron chi connectivity index (χ3n) is 2.16. The molecule has 0 aromatic heterocycles. The van der Waals surface area contributed by atoms with Crippen LogP contribution in [-0.2, 0) is 4.79 Å². The maximum Gasteiger partial charge on any atom is 0.135 e. The van der Waals surface area contributed by atoms with Crippen LogP contribution in [0.5, 0.6) is 0 Å². The van der Waals surface area contributed by atoms with Crippen LogP contribution in [0, 0.1) is 11.8 Å². The number of hydrogen-bond donors (Lipinski definition) is 0. The van der Waals surface area contributed by atoms with Gasteiger partial charge in [-0.05, 0) is 12.8 Å². The minimum Gasteiger partial charge on any atom is -0.302 e. The monoisotopic (exact) mass is 155 g/mol. The van der Waals surface area contributed by atoms with E-state index in [4.69, 9.17) is 0 Å². The van der Waals surface area contributed by atoms with Gasteiger partial charge in [0.2, 0.25) is 0 Å². The van der Waals surface area contributed by atoms with E-state index in [9.17, 15) is 4.79 Å². The maximum atomic E-state index is 10.8. The minimum atomic E-state index is 0.341. The molecule has 64 valence electrons. The SMILES string of the molecule is CC(=O)C1CN(CC(C)C)C1. The van der Waals surface area contributed by atoms with E-state index in [2.05, 4.69) is 18.7 Å². The van der Waals surface area contributed by atoms with E-state index in [0.29, 0.717) is 11.7 Å². The number of rotatable bonds is 3. The molecule has 11 heavy (non-hydrogen) atoms. The van der Waals surface area contributed by atoms with Crippen molar-refractivity contribution in [1.82, 2.24) is 4.90 Å². The van der Waals surface area contributed by atoms with Crippen LogP contribution in [-0.4, -0.2) is 30.3 Å². The molecule has 2 heteroatoms. The molecule has 1 fully saturated rings. The summed E-state index contributed by atoms with van der Waals surface area (Å²) >= 11 is 0. The average Bonchev–Trinajstić information content (AvgIpc) is 1.75. The van der Waals surface area contributed by atoms with Gasteiger partial charge in [0, 0.05) is 25.6 Å². The normalized spacial score (nSPS) is 20.4. The highest BCUT2D eigenvalue weighted by Gasteiger charge is 2.29. The Bertz CT molecular complexity index is 148. The number of ketones is 1. The molecule has 1 heterocycles.